The van der Waals surface area contributed by atoms with Gasteiger partial charge in [-0.1, -0.05) is 13.8 Å². The summed E-state index contributed by atoms with van der Waals surface area (Å²) in [5.41, 5.74) is 2.01. The number of nitrogens with zero attached hydrogens (tertiary/aromatic N) is 1. The van der Waals surface area contributed by atoms with Gasteiger partial charge in [0.15, 0.2) is 0 Å². The van der Waals surface area contributed by atoms with Gasteiger partial charge in [-0.15, -0.1) is 0 Å². The molecule has 0 unspecified atom stereocenters. The number of carbonyl (C=O) groups excluding carboxylic acids is 2. The molecule has 0 saturated heterocycles. The van der Waals surface area contributed by atoms with Crippen LogP contribution < -0.4 is 16.6 Å². The summed E-state index contributed by atoms with van der Waals surface area (Å²) in [7, 11) is 1.68. The van der Waals surface area contributed by atoms with Gasteiger partial charge in [-0.2, -0.15) is 0 Å². The van der Waals surface area contributed by atoms with Crippen LogP contribution in [0, 0.1) is 5.92 Å². The van der Waals surface area contributed by atoms with Gasteiger partial charge in [-0.3, -0.25) is 19.9 Å². The molecule has 0 rings (SSSR count). The molecule has 0 atom stereocenters. The van der Waals surface area contributed by atoms with Gasteiger partial charge in [0.25, 0.3) is 0 Å². The first-order chi connectivity index (χ1) is 6.95. The molecule has 2 amide bonds. The number of nitrogens with two attached hydrogens (primary N) is 1. The molecule has 15 heavy (non-hydrogen) atoms. The first-order valence-electron chi connectivity index (χ1n) is 4.90. The van der Waals surface area contributed by atoms with E-state index < -0.39 is 0 Å². The van der Waals surface area contributed by atoms with E-state index >= 15 is 0 Å². The number of hydrazine groups is 1. The van der Waals surface area contributed by atoms with Crippen molar-refractivity contribution in [2.75, 3.05) is 26.7 Å². The van der Waals surface area contributed by atoms with Gasteiger partial charge >= 0.3 is 0 Å². The molecule has 0 radical (unpaired) electrons. The third kappa shape index (κ3) is 7.90. The van der Waals surface area contributed by atoms with Crippen LogP contribution >= 0.6 is 0 Å². The van der Waals surface area contributed by atoms with E-state index in [1.54, 1.807) is 11.9 Å². The van der Waals surface area contributed by atoms with E-state index in [1.165, 1.54) is 0 Å². The molecule has 0 aromatic rings. The quantitative estimate of drug-likeness (QED) is 0.292. The summed E-state index contributed by atoms with van der Waals surface area (Å²) in [5, 5.41) is 2.76. The average molecular weight is 216 g/mol. The minimum absolute atomic E-state index is 0.0870. The van der Waals surface area contributed by atoms with Crippen molar-refractivity contribution in [2.45, 2.75) is 13.8 Å². The van der Waals surface area contributed by atoms with Gasteiger partial charge in [0, 0.05) is 6.54 Å². The van der Waals surface area contributed by atoms with Crippen LogP contribution in [0.25, 0.3) is 0 Å². The lowest BCUT2D eigenvalue weighted by molar-refractivity contribution is -0.124. The second-order valence-electron chi connectivity index (χ2n) is 3.94. The summed E-state index contributed by atoms with van der Waals surface area (Å²) in [6, 6.07) is 0. The maximum absolute atomic E-state index is 11.3. The molecular formula is C9H20N4O2. The van der Waals surface area contributed by atoms with Crippen LogP contribution in [0.2, 0.25) is 0 Å². The minimum atomic E-state index is -0.311. The standard InChI is InChI=1S/C9H20N4O2/c1-7(2)4-11-8(14)5-13(3)6-9(15)12-10/h7H,4-6,10H2,1-3H3,(H,11,14)(H,12,15). The SMILES string of the molecule is CC(C)CNC(=O)CN(C)CC(=O)NN. The fourth-order valence-electron chi connectivity index (χ4n) is 0.966. The zero-order valence-electron chi connectivity index (χ0n) is 9.54. The van der Waals surface area contributed by atoms with Gasteiger partial charge in [-0.25, -0.2) is 5.84 Å². The van der Waals surface area contributed by atoms with E-state index in [9.17, 15) is 9.59 Å². The molecule has 0 bridgehead atoms. The highest BCUT2D eigenvalue weighted by Crippen LogP contribution is 1.88. The van der Waals surface area contributed by atoms with Crippen LogP contribution in [0.1, 0.15) is 13.8 Å². The summed E-state index contributed by atoms with van der Waals surface area (Å²) in [4.78, 5) is 23.8. The Hall–Kier alpha value is -1.14. The second-order valence-corrected chi connectivity index (χ2v) is 3.94. The van der Waals surface area contributed by atoms with Crippen molar-refractivity contribution in [3.05, 3.63) is 0 Å². The summed E-state index contributed by atoms with van der Waals surface area (Å²) in [6.07, 6.45) is 0. The van der Waals surface area contributed by atoms with E-state index in [0.717, 1.165) is 0 Å². The van der Waals surface area contributed by atoms with Crippen LogP contribution in [0.5, 0.6) is 0 Å². The lowest BCUT2D eigenvalue weighted by Gasteiger charge is -2.15. The number of likely N-dealkylation sites (N-methyl/N-ethyl adjacent to an activating group) is 1. The Morgan fingerprint density at radius 1 is 1.27 bits per heavy atom. The molecule has 4 N–H and O–H groups in total. The van der Waals surface area contributed by atoms with E-state index in [-0.39, 0.29) is 24.9 Å². The Labute approximate surface area is 90.2 Å². The third-order valence-electron chi connectivity index (χ3n) is 1.70. The molecule has 0 aliphatic carbocycles. The number of hydrogen-bond acceptors (Lipinski definition) is 4. The van der Waals surface area contributed by atoms with Crippen molar-refractivity contribution in [1.29, 1.82) is 0 Å². The lowest BCUT2D eigenvalue weighted by atomic mass is 10.2. The smallest absolute Gasteiger partial charge is 0.248 e. The number of nitrogens with one attached hydrogen (secondary N) is 2. The highest BCUT2D eigenvalue weighted by Gasteiger charge is 2.09. The average Bonchev–Trinajstić information content (AvgIpc) is 2.14. The monoisotopic (exact) mass is 216 g/mol. The van der Waals surface area contributed by atoms with Crippen LogP contribution in [0.4, 0.5) is 0 Å². The minimum Gasteiger partial charge on any atom is -0.355 e. The van der Waals surface area contributed by atoms with E-state index in [0.29, 0.717) is 12.5 Å². The molecule has 0 saturated carbocycles. The topological polar surface area (TPSA) is 87.5 Å². The highest BCUT2D eigenvalue weighted by atomic mass is 16.2. The van der Waals surface area contributed by atoms with Crippen molar-refractivity contribution >= 4 is 11.8 Å². The Morgan fingerprint density at radius 3 is 2.27 bits per heavy atom. The fraction of sp³-hybridized carbons (Fsp3) is 0.778. The predicted octanol–water partition coefficient (Wildman–Crippen LogP) is -1.32. The van der Waals surface area contributed by atoms with E-state index in [1.807, 2.05) is 19.3 Å². The maximum atomic E-state index is 11.3. The Morgan fingerprint density at radius 2 is 1.80 bits per heavy atom. The molecule has 0 heterocycles. The van der Waals surface area contributed by atoms with Crippen molar-refractivity contribution in [1.82, 2.24) is 15.6 Å². The second kappa shape index (κ2) is 7.19. The lowest BCUT2D eigenvalue weighted by Crippen LogP contribution is -2.43. The molecular weight excluding hydrogens is 196 g/mol. The largest absolute Gasteiger partial charge is 0.355 e. The van der Waals surface area contributed by atoms with Crippen LogP contribution in [-0.2, 0) is 9.59 Å². The van der Waals surface area contributed by atoms with E-state index in [4.69, 9.17) is 5.84 Å². The van der Waals surface area contributed by atoms with Crippen molar-refractivity contribution < 1.29 is 9.59 Å². The Balaban J connectivity index is 3.71. The molecule has 0 aliphatic rings. The molecule has 0 aromatic carbocycles. The molecule has 6 heteroatoms. The fourth-order valence-corrected chi connectivity index (χ4v) is 0.966. The van der Waals surface area contributed by atoms with Crippen molar-refractivity contribution in [3.8, 4) is 0 Å². The van der Waals surface area contributed by atoms with Crippen molar-refractivity contribution in [2.24, 2.45) is 11.8 Å². The van der Waals surface area contributed by atoms with Gasteiger partial charge in [0.2, 0.25) is 11.8 Å². The summed E-state index contributed by atoms with van der Waals surface area (Å²) >= 11 is 0. The van der Waals surface area contributed by atoms with Crippen LogP contribution in [0.15, 0.2) is 0 Å². The molecule has 0 aromatic heterocycles. The molecule has 6 nitrogen and oxygen atoms in total. The van der Waals surface area contributed by atoms with Gasteiger partial charge in [0.05, 0.1) is 13.1 Å². The maximum Gasteiger partial charge on any atom is 0.248 e. The first kappa shape index (κ1) is 13.9. The molecule has 88 valence electrons. The van der Waals surface area contributed by atoms with Gasteiger partial charge in [-0.05, 0) is 13.0 Å². The normalized spacial score (nSPS) is 10.5. The van der Waals surface area contributed by atoms with Crippen LogP contribution in [0.3, 0.4) is 0 Å². The molecule has 0 spiro atoms. The third-order valence-corrected chi connectivity index (χ3v) is 1.70. The zero-order chi connectivity index (χ0) is 11.8. The van der Waals surface area contributed by atoms with Crippen molar-refractivity contribution in [3.63, 3.8) is 0 Å². The number of hydrogen-bond donors (Lipinski definition) is 3. The number of carbonyl (C=O) groups is 2. The first-order valence-corrected chi connectivity index (χ1v) is 4.90. The molecule has 0 aliphatic heterocycles. The summed E-state index contributed by atoms with van der Waals surface area (Å²) < 4.78 is 0. The van der Waals surface area contributed by atoms with Gasteiger partial charge in [0.1, 0.15) is 0 Å². The summed E-state index contributed by atoms with van der Waals surface area (Å²) in [5.74, 6) is 4.95. The number of rotatable bonds is 6. The van der Waals surface area contributed by atoms with Crippen LogP contribution in [-0.4, -0.2) is 43.4 Å². The number of amides is 2. The predicted molar refractivity (Wildman–Crippen MR) is 57.7 cm³/mol. The Kier molecular flexibility index (Phi) is 6.64. The molecule has 0 fully saturated rings. The van der Waals surface area contributed by atoms with E-state index in [2.05, 4.69) is 5.32 Å². The summed E-state index contributed by atoms with van der Waals surface area (Å²) in [6.45, 7) is 5.00. The van der Waals surface area contributed by atoms with Gasteiger partial charge < -0.3 is 5.32 Å². The zero-order valence-corrected chi connectivity index (χ0v) is 9.54. The highest BCUT2D eigenvalue weighted by molar-refractivity contribution is 5.80. The Bertz CT molecular complexity index is 218.